The fourth-order valence-electron chi connectivity index (χ4n) is 2.70. The summed E-state index contributed by atoms with van der Waals surface area (Å²) in [6.45, 7) is 0.520. The normalized spacial score (nSPS) is 11.0. The van der Waals surface area contributed by atoms with E-state index in [0.29, 0.717) is 16.5 Å². The minimum atomic E-state index is -0.350. The second-order valence-electron chi connectivity index (χ2n) is 5.96. The number of nitrogens with zero attached hydrogens (tertiary/aromatic N) is 3. The fourth-order valence-corrected chi connectivity index (χ4v) is 2.87. The van der Waals surface area contributed by atoms with Crippen molar-refractivity contribution >= 4 is 23.2 Å². The van der Waals surface area contributed by atoms with Gasteiger partial charge in [-0.25, -0.2) is 4.98 Å². The number of aromatic nitrogens is 3. The average Bonchev–Trinajstić information content (AvgIpc) is 3.28. The number of imidazole rings is 1. The Morgan fingerprint density at radius 3 is 2.89 bits per heavy atom. The fraction of sp³-hybridized carbons (Fsp3) is 0.105. The van der Waals surface area contributed by atoms with E-state index in [9.17, 15) is 9.59 Å². The van der Waals surface area contributed by atoms with E-state index in [-0.39, 0.29) is 30.3 Å². The number of hydrogen-bond acceptors (Lipinski definition) is 4. The molecule has 0 aliphatic carbocycles. The summed E-state index contributed by atoms with van der Waals surface area (Å²) < 4.78 is 8.85. The van der Waals surface area contributed by atoms with Gasteiger partial charge in [0.25, 0.3) is 11.5 Å². The summed E-state index contributed by atoms with van der Waals surface area (Å²) >= 11 is 5.95. The molecule has 27 heavy (non-hydrogen) atoms. The Balaban J connectivity index is 1.41. The number of hydrogen-bond donors (Lipinski definition) is 1. The van der Waals surface area contributed by atoms with Crippen LogP contribution in [0.25, 0.3) is 5.65 Å². The third kappa shape index (κ3) is 3.78. The summed E-state index contributed by atoms with van der Waals surface area (Å²) in [6.07, 6.45) is 5.22. The summed E-state index contributed by atoms with van der Waals surface area (Å²) in [5.41, 5.74) is 1.32. The van der Waals surface area contributed by atoms with E-state index < -0.39 is 0 Å². The molecule has 0 saturated heterocycles. The van der Waals surface area contributed by atoms with Crippen molar-refractivity contribution < 1.29 is 9.21 Å². The second kappa shape index (κ2) is 7.13. The molecule has 0 saturated carbocycles. The van der Waals surface area contributed by atoms with Gasteiger partial charge < -0.3 is 18.7 Å². The molecule has 1 amide bonds. The van der Waals surface area contributed by atoms with Gasteiger partial charge in [-0.3, -0.25) is 9.59 Å². The third-order valence-electron chi connectivity index (χ3n) is 4.01. The van der Waals surface area contributed by atoms with E-state index >= 15 is 0 Å². The molecule has 0 spiro atoms. The van der Waals surface area contributed by atoms with E-state index in [1.165, 1.54) is 10.6 Å². The van der Waals surface area contributed by atoms with Crippen LogP contribution in [0.15, 0.2) is 70.3 Å². The van der Waals surface area contributed by atoms with Crippen molar-refractivity contribution in [2.24, 2.45) is 0 Å². The maximum absolute atomic E-state index is 12.3. The minimum absolute atomic E-state index is 0.133. The Hall–Kier alpha value is -3.32. The zero-order valence-corrected chi connectivity index (χ0v) is 14.9. The van der Waals surface area contributed by atoms with Crippen molar-refractivity contribution in [3.8, 4) is 0 Å². The average molecular weight is 383 g/mol. The summed E-state index contributed by atoms with van der Waals surface area (Å²) in [7, 11) is 0. The van der Waals surface area contributed by atoms with Crippen molar-refractivity contribution in [3.63, 3.8) is 0 Å². The molecule has 0 bridgehead atoms. The molecule has 0 aliphatic heterocycles. The number of nitrogens with one attached hydrogen (secondary N) is 1. The van der Waals surface area contributed by atoms with Crippen LogP contribution in [0, 0.1) is 0 Å². The van der Waals surface area contributed by atoms with Crippen LogP contribution >= 0.6 is 11.6 Å². The van der Waals surface area contributed by atoms with E-state index in [0.717, 1.165) is 5.65 Å². The van der Waals surface area contributed by atoms with Crippen molar-refractivity contribution in [3.05, 3.63) is 93.6 Å². The van der Waals surface area contributed by atoms with E-state index in [1.807, 2.05) is 0 Å². The lowest BCUT2D eigenvalue weighted by atomic mass is 10.3. The molecule has 4 aromatic rings. The zero-order chi connectivity index (χ0) is 18.8. The van der Waals surface area contributed by atoms with Crippen LogP contribution in [0.1, 0.15) is 22.0 Å². The molecule has 0 atom stereocenters. The molecular formula is C19H15ClN4O3. The van der Waals surface area contributed by atoms with E-state index in [2.05, 4.69) is 10.3 Å². The first-order valence-electron chi connectivity index (χ1n) is 8.24. The number of carbonyl (C=O) groups is 1. The maximum atomic E-state index is 12.3. The highest BCUT2D eigenvalue weighted by Gasteiger charge is 2.12. The van der Waals surface area contributed by atoms with Gasteiger partial charge in [0, 0.05) is 24.7 Å². The molecule has 7 nitrogen and oxygen atoms in total. The molecule has 0 fully saturated rings. The summed E-state index contributed by atoms with van der Waals surface area (Å²) in [6, 6.07) is 11.7. The highest BCUT2D eigenvalue weighted by atomic mass is 35.5. The predicted molar refractivity (Wildman–Crippen MR) is 99.9 cm³/mol. The lowest BCUT2D eigenvalue weighted by molar-refractivity contribution is 0.0920. The monoisotopic (exact) mass is 382 g/mol. The largest absolute Gasteiger partial charge is 0.454 e. The van der Waals surface area contributed by atoms with Gasteiger partial charge in [-0.15, -0.1) is 0 Å². The Labute approximate surface area is 158 Å². The highest BCUT2D eigenvalue weighted by Crippen LogP contribution is 2.12. The molecule has 4 aromatic heterocycles. The summed E-state index contributed by atoms with van der Waals surface area (Å²) in [5, 5.41) is 3.38. The summed E-state index contributed by atoms with van der Waals surface area (Å²) in [5.74, 6) is 0.355. The Kier molecular flexibility index (Phi) is 4.52. The summed E-state index contributed by atoms with van der Waals surface area (Å²) in [4.78, 5) is 28.4. The molecule has 0 aromatic carbocycles. The SMILES string of the molecule is O=C(NCc1cn2cc(Cl)ccc2n1)c1ccc(Cn2ccccc2=O)o1. The van der Waals surface area contributed by atoms with Gasteiger partial charge >= 0.3 is 0 Å². The van der Waals surface area contributed by atoms with Gasteiger partial charge in [-0.1, -0.05) is 17.7 Å². The number of furan rings is 1. The van der Waals surface area contributed by atoms with Crippen molar-refractivity contribution in [1.82, 2.24) is 19.3 Å². The topological polar surface area (TPSA) is 81.5 Å². The van der Waals surface area contributed by atoms with Crippen LogP contribution in [-0.4, -0.2) is 19.9 Å². The molecule has 0 radical (unpaired) electrons. The number of rotatable bonds is 5. The number of carbonyl (C=O) groups excluding carboxylic acids is 1. The zero-order valence-electron chi connectivity index (χ0n) is 14.1. The molecule has 4 rings (SSSR count). The standard InChI is InChI=1S/C19H15ClN4O3/c20-13-4-7-17-22-14(11-24(17)10-13)9-21-19(26)16-6-5-15(27-16)12-23-8-2-1-3-18(23)25/h1-8,10-11H,9,12H2,(H,21,26). The van der Waals surface area contributed by atoms with Crippen LogP contribution in [0.3, 0.4) is 0 Å². The van der Waals surface area contributed by atoms with Gasteiger partial charge in [-0.05, 0) is 30.3 Å². The molecule has 0 unspecified atom stereocenters. The molecule has 0 aliphatic rings. The van der Waals surface area contributed by atoms with Crippen LogP contribution in [0.4, 0.5) is 0 Å². The van der Waals surface area contributed by atoms with Crippen LogP contribution in [0.2, 0.25) is 5.02 Å². The number of amides is 1. The first-order chi connectivity index (χ1) is 13.1. The maximum Gasteiger partial charge on any atom is 0.287 e. The predicted octanol–water partition coefficient (Wildman–Crippen LogP) is 2.72. The molecule has 136 valence electrons. The number of pyridine rings is 2. The van der Waals surface area contributed by atoms with Gasteiger partial charge in [0.05, 0.1) is 23.8 Å². The lowest BCUT2D eigenvalue weighted by Gasteiger charge is -2.02. The molecular weight excluding hydrogens is 368 g/mol. The first-order valence-corrected chi connectivity index (χ1v) is 8.62. The van der Waals surface area contributed by atoms with E-state index in [4.69, 9.17) is 16.0 Å². The second-order valence-corrected chi connectivity index (χ2v) is 6.40. The third-order valence-corrected chi connectivity index (χ3v) is 4.23. The minimum Gasteiger partial charge on any atom is -0.454 e. The van der Waals surface area contributed by atoms with Crippen molar-refractivity contribution in [2.45, 2.75) is 13.1 Å². The van der Waals surface area contributed by atoms with Crippen LogP contribution in [-0.2, 0) is 13.1 Å². The van der Waals surface area contributed by atoms with Gasteiger partial charge in [-0.2, -0.15) is 0 Å². The van der Waals surface area contributed by atoms with Crippen LogP contribution < -0.4 is 10.9 Å². The van der Waals surface area contributed by atoms with Gasteiger partial charge in [0.1, 0.15) is 11.4 Å². The first kappa shape index (κ1) is 17.1. The quantitative estimate of drug-likeness (QED) is 0.575. The molecule has 8 heteroatoms. The van der Waals surface area contributed by atoms with Crippen LogP contribution in [0.5, 0.6) is 0 Å². The van der Waals surface area contributed by atoms with Gasteiger partial charge in [0.2, 0.25) is 0 Å². The molecule has 1 N–H and O–H groups in total. The highest BCUT2D eigenvalue weighted by molar-refractivity contribution is 6.30. The Morgan fingerprint density at radius 2 is 2.04 bits per heavy atom. The van der Waals surface area contributed by atoms with Crippen molar-refractivity contribution in [1.29, 1.82) is 0 Å². The van der Waals surface area contributed by atoms with Gasteiger partial charge in [0.15, 0.2) is 5.76 Å². The number of halogens is 1. The molecule has 4 heterocycles. The Morgan fingerprint density at radius 1 is 1.15 bits per heavy atom. The smallest absolute Gasteiger partial charge is 0.287 e. The Bertz CT molecular complexity index is 1170. The van der Waals surface area contributed by atoms with E-state index in [1.54, 1.807) is 59.4 Å². The van der Waals surface area contributed by atoms with Crippen molar-refractivity contribution in [2.75, 3.05) is 0 Å². The lowest BCUT2D eigenvalue weighted by Crippen LogP contribution is -2.22. The number of fused-ring (bicyclic) bond motifs is 1.